The summed E-state index contributed by atoms with van der Waals surface area (Å²) in [7, 11) is 0. The number of nitrogens with one attached hydrogen (secondary N) is 2. The second-order valence-corrected chi connectivity index (χ2v) is 6.18. The van der Waals surface area contributed by atoms with E-state index in [0.717, 1.165) is 31.4 Å². The van der Waals surface area contributed by atoms with E-state index in [-0.39, 0.29) is 17.5 Å². The molecule has 19 heavy (non-hydrogen) atoms. The molecule has 0 bridgehead atoms. The van der Waals surface area contributed by atoms with E-state index < -0.39 is 0 Å². The molecule has 1 aromatic heterocycles. The van der Waals surface area contributed by atoms with Crippen molar-refractivity contribution in [3.05, 3.63) is 18.0 Å². The third-order valence-electron chi connectivity index (χ3n) is 3.41. The van der Waals surface area contributed by atoms with E-state index in [1.54, 1.807) is 0 Å². The fourth-order valence-corrected chi connectivity index (χ4v) is 2.19. The normalized spacial score (nSPS) is 21.0. The third kappa shape index (κ3) is 3.80. The van der Waals surface area contributed by atoms with Crippen molar-refractivity contribution in [2.45, 2.75) is 58.2 Å². The molecule has 0 aliphatic carbocycles. The molecule has 2 rings (SSSR count). The molecule has 5 nitrogen and oxygen atoms in total. The number of carbonyl (C=O) groups is 1. The molecule has 0 spiro atoms. The van der Waals surface area contributed by atoms with Gasteiger partial charge in [-0.05, 0) is 40.0 Å². The van der Waals surface area contributed by atoms with Crippen molar-refractivity contribution >= 4 is 5.91 Å². The number of amides is 1. The second kappa shape index (κ2) is 5.74. The van der Waals surface area contributed by atoms with Crippen LogP contribution in [0.5, 0.6) is 0 Å². The molecule has 1 aliphatic rings. The molecule has 1 fully saturated rings. The Morgan fingerprint density at radius 3 is 2.95 bits per heavy atom. The lowest BCUT2D eigenvalue weighted by molar-refractivity contribution is -0.122. The van der Waals surface area contributed by atoms with Crippen LogP contribution in [0.2, 0.25) is 0 Å². The zero-order valence-corrected chi connectivity index (χ0v) is 12.1. The van der Waals surface area contributed by atoms with E-state index in [2.05, 4.69) is 36.5 Å². The van der Waals surface area contributed by atoms with E-state index in [0.29, 0.717) is 6.54 Å². The predicted octanol–water partition coefficient (Wildman–Crippen LogP) is 1.40. The maximum atomic E-state index is 11.8. The molecule has 0 radical (unpaired) electrons. The van der Waals surface area contributed by atoms with Gasteiger partial charge in [0.1, 0.15) is 0 Å². The maximum absolute atomic E-state index is 11.8. The highest BCUT2D eigenvalue weighted by Crippen LogP contribution is 2.13. The van der Waals surface area contributed by atoms with Gasteiger partial charge < -0.3 is 10.6 Å². The minimum absolute atomic E-state index is 0.00204. The lowest BCUT2D eigenvalue weighted by atomic mass is 10.1. The maximum Gasteiger partial charge on any atom is 0.237 e. The number of rotatable bonds is 3. The van der Waals surface area contributed by atoms with Crippen LogP contribution >= 0.6 is 0 Å². The first-order chi connectivity index (χ1) is 8.97. The van der Waals surface area contributed by atoms with Gasteiger partial charge in [0.25, 0.3) is 0 Å². The van der Waals surface area contributed by atoms with Crippen molar-refractivity contribution in [1.82, 2.24) is 20.4 Å². The minimum Gasteiger partial charge on any atom is -0.355 e. The minimum atomic E-state index is -0.0690. The van der Waals surface area contributed by atoms with Crippen LogP contribution in [0.4, 0.5) is 0 Å². The molecule has 0 aromatic carbocycles. The highest BCUT2D eigenvalue weighted by Gasteiger charge is 2.20. The fraction of sp³-hybridized carbons (Fsp3) is 0.714. The molecule has 1 atom stereocenters. The van der Waals surface area contributed by atoms with Crippen molar-refractivity contribution in [1.29, 1.82) is 0 Å². The Bertz CT molecular complexity index is 433. The molecular formula is C14H24N4O. The molecule has 2 N–H and O–H groups in total. The van der Waals surface area contributed by atoms with E-state index in [1.807, 2.05) is 17.1 Å². The number of hydrogen-bond acceptors (Lipinski definition) is 3. The lowest BCUT2D eigenvalue weighted by Crippen LogP contribution is -2.42. The Hall–Kier alpha value is -1.36. The Labute approximate surface area is 114 Å². The fourth-order valence-electron chi connectivity index (χ4n) is 2.19. The van der Waals surface area contributed by atoms with Crippen LogP contribution < -0.4 is 10.6 Å². The van der Waals surface area contributed by atoms with E-state index in [9.17, 15) is 4.79 Å². The molecular weight excluding hydrogens is 240 g/mol. The van der Waals surface area contributed by atoms with Crippen LogP contribution in [0.25, 0.3) is 0 Å². The van der Waals surface area contributed by atoms with Crippen molar-refractivity contribution in [3.8, 4) is 0 Å². The van der Waals surface area contributed by atoms with E-state index in [1.165, 1.54) is 0 Å². The highest BCUT2D eigenvalue weighted by atomic mass is 16.2. The highest BCUT2D eigenvalue weighted by molar-refractivity contribution is 5.81. The average Bonchev–Trinajstić information content (AvgIpc) is 2.72. The molecule has 0 unspecified atom stereocenters. The summed E-state index contributed by atoms with van der Waals surface area (Å²) in [6.07, 6.45) is 7.00. The molecule has 1 saturated heterocycles. The van der Waals surface area contributed by atoms with Gasteiger partial charge in [-0.1, -0.05) is 0 Å². The SMILES string of the molecule is CC(C)(C)n1cc(CN[C@@H]2CCCCNC2=O)cn1. The Kier molecular flexibility index (Phi) is 4.24. The standard InChI is InChI=1S/C14H24N4O/c1-14(2,3)18-10-11(9-17-18)8-16-12-6-4-5-7-15-13(12)19/h9-10,12,16H,4-8H2,1-3H3,(H,15,19)/t12-/m1/s1. The number of aromatic nitrogens is 2. The first kappa shape index (κ1) is 14.1. The topological polar surface area (TPSA) is 59.0 Å². The van der Waals surface area contributed by atoms with Gasteiger partial charge in [0.05, 0.1) is 17.8 Å². The molecule has 5 heteroatoms. The molecule has 1 amide bonds. The molecule has 1 aromatic rings. The molecule has 2 heterocycles. The van der Waals surface area contributed by atoms with Crippen LogP contribution in [0.1, 0.15) is 45.6 Å². The van der Waals surface area contributed by atoms with E-state index in [4.69, 9.17) is 0 Å². The van der Waals surface area contributed by atoms with Gasteiger partial charge >= 0.3 is 0 Å². The Morgan fingerprint density at radius 1 is 1.47 bits per heavy atom. The number of nitrogens with zero attached hydrogens (tertiary/aromatic N) is 2. The summed E-state index contributed by atoms with van der Waals surface area (Å²) in [5.74, 6) is 0.126. The monoisotopic (exact) mass is 264 g/mol. The van der Waals surface area contributed by atoms with Crippen LogP contribution in [0.15, 0.2) is 12.4 Å². The summed E-state index contributed by atoms with van der Waals surface area (Å²) in [5.41, 5.74) is 1.12. The van der Waals surface area contributed by atoms with Gasteiger partial charge in [-0.25, -0.2) is 0 Å². The first-order valence-corrected chi connectivity index (χ1v) is 7.02. The third-order valence-corrected chi connectivity index (χ3v) is 3.41. The quantitative estimate of drug-likeness (QED) is 0.867. The smallest absolute Gasteiger partial charge is 0.237 e. The van der Waals surface area contributed by atoms with Crippen molar-refractivity contribution in [2.75, 3.05) is 6.54 Å². The van der Waals surface area contributed by atoms with Gasteiger partial charge in [-0.2, -0.15) is 5.10 Å². The zero-order chi connectivity index (χ0) is 13.9. The van der Waals surface area contributed by atoms with Crippen molar-refractivity contribution in [2.24, 2.45) is 0 Å². The van der Waals surface area contributed by atoms with E-state index >= 15 is 0 Å². The van der Waals surface area contributed by atoms with Crippen LogP contribution in [0, 0.1) is 0 Å². The zero-order valence-electron chi connectivity index (χ0n) is 12.1. The lowest BCUT2D eigenvalue weighted by Gasteiger charge is -2.19. The van der Waals surface area contributed by atoms with Crippen LogP contribution in [-0.2, 0) is 16.9 Å². The van der Waals surface area contributed by atoms with Gasteiger partial charge in [-0.15, -0.1) is 0 Å². The summed E-state index contributed by atoms with van der Waals surface area (Å²) >= 11 is 0. The molecule has 0 saturated carbocycles. The van der Waals surface area contributed by atoms with Crippen LogP contribution in [-0.4, -0.2) is 28.3 Å². The largest absolute Gasteiger partial charge is 0.355 e. The number of hydrogen-bond donors (Lipinski definition) is 2. The molecule has 106 valence electrons. The molecule has 1 aliphatic heterocycles. The summed E-state index contributed by atoms with van der Waals surface area (Å²) < 4.78 is 1.96. The average molecular weight is 264 g/mol. The van der Waals surface area contributed by atoms with Crippen LogP contribution in [0.3, 0.4) is 0 Å². The van der Waals surface area contributed by atoms with Gasteiger partial charge in [0.15, 0.2) is 0 Å². The van der Waals surface area contributed by atoms with Gasteiger partial charge in [-0.3, -0.25) is 9.48 Å². The summed E-state index contributed by atoms with van der Waals surface area (Å²) in [4.78, 5) is 11.8. The van der Waals surface area contributed by atoms with Crippen molar-refractivity contribution < 1.29 is 4.79 Å². The van der Waals surface area contributed by atoms with Gasteiger partial charge in [0, 0.05) is 24.8 Å². The first-order valence-electron chi connectivity index (χ1n) is 7.02. The summed E-state index contributed by atoms with van der Waals surface area (Å²) in [5, 5.41) is 10.6. The van der Waals surface area contributed by atoms with Crippen molar-refractivity contribution in [3.63, 3.8) is 0 Å². The predicted molar refractivity (Wildman–Crippen MR) is 74.7 cm³/mol. The Morgan fingerprint density at radius 2 is 2.26 bits per heavy atom. The number of carbonyl (C=O) groups excluding carboxylic acids is 1. The Balaban J connectivity index is 1.91. The summed E-state index contributed by atoms with van der Waals surface area (Å²) in [6.45, 7) is 7.86. The second-order valence-electron chi connectivity index (χ2n) is 6.18. The van der Waals surface area contributed by atoms with Gasteiger partial charge in [0.2, 0.25) is 5.91 Å². The summed E-state index contributed by atoms with van der Waals surface area (Å²) in [6, 6.07) is -0.0690.